The van der Waals surface area contributed by atoms with Gasteiger partial charge in [0.25, 0.3) is 0 Å². The lowest BCUT2D eigenvalue weighted by Gasteiger charge is -2.32. The van der Waals surface area contributed by atoms with Gasteiger partial charge in [0, 0.05) is 0 Å². The number of benzene rings is 2. The molecule has 0 atom stereocenters. The number of hydrogen-bond donors (Lipinski definition) is 0. The van der Waals surface area contributed by atoms with Crippen molar-refractivity contribution in [2.45, 2.75) is 12.3 Å². The first-order valence-corrected chi connectivity index (χ1v) is 9.61. The summed E-state index contributed by atoms with van der Waals surface area (Å²) in [6.07, 6.45) is 14.3. The Bertz CT molecular complexity index is 1070. The van der Waals surface area contributed by atoms with E-state index in [1.54, 1.807) is 0 Å². The largest absolute Gasteiger partial charge is 0.0991 e. The fourth-order valence-electron chi connectivity index (χ4n) is 4.89. The Morgan fingerprint density at radius 3 is 1.86 bits per heavy atom. The highest BCUT2D eigenvalue weighted by Gasteiger charge is 2.52. The molecule has 136 valence electrons. The Morgan fingerprint density at radius 1 is 0.786 bits per heavy atom. The smallest absolute Gasteiger partial charge is 0.0725 e. The van der Waals surface area contributed by atoms with E-state index in [9.17, 15) is 0 Å². The first kappa shape index (κ1) is 18.0. The van der Waals surface area contributed by atoms with Crippen molar-refractivity contribution in [2.24, 2.45) is 0 Å². The second-order valence-corrected chi connectivity index (χ2v) is 7.00. The molecule has 0 heteroatoms. The number of rotatable bonds is 4. The van der Waals surface area contributed by atoms with Crippen LogP contribution in [0.4, 0.5) is 0 Å². The van der Waals surface area contributed by atoms with E-state index in [0.29, 0.717) is 0 Å². The third kappa shape index (κ3) is 2.18. The van der Waals surface area contributed by atoms with Crippen LogP contribution in [-0.4, -0.2) is 0 Å². The predicted molar refractivity (Wildman–Crippen MR) is 121 cm³/mol. The summed E-state index contributed by atoms with van der Waals surface area (Å²) in [4.78, 5) is 0. The van der Waals surface area contributed by atoms with Gasteiger partial charge >= 0.3 is 0 Å². The summed E-state index contributed by atoms with van der Waals surface area (Å²) in [5, 5.41) is 0. The van der Waals surface area contributed by atoms with Crippen LogP contribution in [0, 0.1) is 0 Å². The molecule has 4 rings (SSSR count). The van der Waals surface area contributed by atoms with Crippen LogP contribution in [0.15, 0.2) is 133 Å². The zero-order valence-corrected chi connectivity index (χ0v) is 16.3. The second kappa shape index (κ2) is 6.98. The van der Waals surface area contributed by atoms with Crippen molar-refractivity contribution in [3.63, 3.8) is 0 Å². The van der Waals surface area contributed by atoms with E-state index < -0.39 is 0 Å². The van der Waals surface area contributed by atoms with Crippen LogP contribution in [0.3, 0.4) is 0 Å². The fourth-order valence-corrected chi connectivity index (χ4v) is 4.89. The first-order chi connectivity index (χ1) is 13.7. The van der Waals surface area contributed by atoms with Crippen LogP contribution in [0.5, 0.6) is 0 Å². The van der Waals surface area contributed by atoms with E-state index in [0.717, 1.165) is 11.1 Å². The molecule has 0 aromatic heterocycles. The highest BCUT2D eigenvalue weighted by Crippen LogP contribution is 2.63. The van der Waals surface area contributed by atoms with Gasteiger partial charge in [0.2, 0.25) is 0 Å². The van der Waals surface area contributed by atoms with Crippen LogP contribution < -0.4 is 0 Å². The monoisotopic (exact) mass is 360 g/mol. The van der Waals surface area contributed by atoms with Crippen molar-refractivity contribution >= 4 is 0 Å². The standard InChI is InChI=1S/C28H24/c1-5-13-21-20(8-4)24(14-6-2)28(25(21)15-7-3)26-18-11-9-16-22(26)23-17-10-12-19-27(23)28/h5-19H,1,3-4H2,2H3/b14-6-,21-13-,25-15+. The first-order valence-electron chi connectivity index (χ1n) is 9.61. The van der Waals surface area contributed by atoms with E-state index in [-0.39, 0.29) is 5.41 Å². The van der Waals surface area contributed by atoms with Gasteiger partial charge in [-0.3, -0.25) is 0 Å². The van der Waals surface area contributed by atoms with Gasteiger partial charge in [-0.15, -0.1) is 0 Å². The zero-order chi connectivity index (χ0) is 19.7. The minimum Gasteiger partial charge on any atom is -0.0991 e. The third-order valence-corrected chi connectivity index (χ3v) is 5.74. The lowest BCUT2D eigenvalue weighted by atomic mass is 9.69. The van der Waals surface area contributed by atoms with E-state index in [1.165, 1.54) is 33.4 Å². The van der Waals surface area contributed by atoms with Crippen LogP contribution in [0.2, 0.25) is 0 Å². The number of allylic oxidation sites excluding steroid dienone is 11. The van der Waals surface area contributed by atoms with Crippen LogP contribution in [-0.2, 0) is 5.41 Å². The Balaban J connectivity index is 2.26. The fraction of sp³-hybridized carbons (Fsp3) is 0.0714. The van der Waals surface area contributed by atoms with Gasteiger partial charge in [0.05, 0.1) is 5.41 Å². The molecule has 2 aliphatic carbocycles. The van der Waals surface area contributed by atoms with E-state index in [2.05, 4.69) is 99.5 Å². The molecule has 2 aliphatic rings. The molecule has 0 aliphatic heterocycles. The van der Waals surface area contributed by atoms with Gasteiger partial charge in [-0.2, -0.15) is 0 Å². The van der Waals surface area contributed by atoms with E-state index >= 15 is 0 Å². The maximum Gasteiger partial charge on any atom is 0.0725 e. The molecule has 0 radical (unpaired) electrons. The minimum atomic E-state index is -0.369. The third-order valence-electron chi connectivity index (χ3n) is 5.74. The molecule has 1 spiro atoms. The average Bonchev–Trinajstić information content (AvgIpc) is 3.16. The SMILES string of the molecule is C=C/C=C1C(C=C)=C(/C=C\C)C2(C/1=C/C=C)c1ccccc1-c1ccccc12. The average molecular weight is 361 g/mol. The van der Waals surface area contributed by atoms with Gasteiger partial charge in [-0.25, -0.2) is 0 Å². The lowest BCUT2D eigenvalue weighted by molar-refractivity contribution is 0.782. The summed E-state index contributed by atoms with van der Waals surface area (Å²) in [7, 11) is 0. The maximum absolute atomic E-state index is 4.15. The predicted octanol–water partition coefficient (Wildman–Crippen LogP) is 7.25. The van der Waals surface area contributed by atoms with Crippen molar-refractivity contribution in [1.29, 1.82) is 0 Å². The maximum atomic E-state index is 4.15. The highest BCUT2D eigenvalue weighted by atomic mass is 14.5. The molecule has 0 bridgehead atoms. The Hall–Kier alpha value is -3.38. The summed E-state index contributed by atoms with van der Waals surface area (Å²) in [6.45, 7) is 14.2. The molecule has 0 N–H and O–H groups in total. The summed E-state index contributed by atoms with van der Waals surface area (Å²) in [5.41, 5.74) is 9.62. The van der Waals surface area contributed by atoms with Crippen molar-refractivity contribution < 1.29 is 0 Å². The normalized spacial score (nSPS) is 19.5. The van der Waals surface area contributed by atoms with E-state index in [4.69, 9.17) is 0 Å². The van der Waals surface area contributed by atoms with Crippen molar-refractivity contribution in [3.8, 4) is 11.1 Å². The Kier molecular flexibility index (Phi) is 4.49. The quantitative estimate of drug-likeness (QED) is 0.538. The molecule has 0 saturated heterocycles. The molecule has 0 fully saturated rings. The van der Waals surface area contributed by atoms with E-state index in [1.807, 2.05) is 18.2 Å². The van der Waals surface area contributed by atoms with Gasteiger partial charge < -0.3 is 0 Å². The number of fused-ring (bicyclic) bond motifs is 5. The lowest BCUT2D eigenvalue weighted by Crippen LogP contribution is -2.27. The molecule has 2 aromatic rings. The van der Waals surface area contributed by atoms with Gasteiger partial charge in [0.1, 0.15) is 0 Å². The molecule has 0 unspecified atom stereocenters. The summed E-state index contributed by atoms with van der Waals surface area (Å²) >= 11 is 0. The molecule has 0 heterocycles. The van der Waals surface area contributed by atoms with Crippen molar-refractivity contribution in [3.05, 3.63) is 144 Å². The zero-order valence-electron chi connectivity index (χ0n) is 16.3. The molecular formula is C28H24. The van der Waals surface area contributed by atoms with Gasteiger partial charge in [0.15, 0.2) is 0 Å². The topological polar surface area (TPSA) is 0 Å². The molecule has 2 aromatic carbocycles. The number of hydrogen-bond acceptors (Lipinski definition) is 0. The van der Waals surface area contributed by atoms with Gasteiger partial charge in [-0.1, -0.05) is 111 Å². The van der Waals surface area contributed by atoms with Crippen LogP contribution in [0.25, 0.3) is 11.1 Å². The Labute approximate surface area is 167 Å². The van der Waals surface area contributed by atoms with Gasteiger partial charge in [-0.05, 0) is 51.5 Å². The highest BCUT2D eigenvalue weighted by molar-refractivity contribution is 5.91. The molecule has 0 nitrogen and oxygen atoms in total. The molecule has 0 amide bonds. The van der Waals surface area contributed by atoms with Crippen LogP contribution in [0.1, 0.15) is 18.1 Å². The van der Waals surface area contributed by atoms with Crippen LogP contribution >= 0.6 is 0 Å². The molecule has 0 saturated carbocycles. The summed E-state index contributed by atoms with van der Waals surface area (Å²) < 4.78 is 0. The summed E-state index contributed by atoms with van der Waals surface area (Å²) in [5.74, 6) is 0. The molecular weight excluding hydrogens is 336 g/mol. The molecule has 28 heavy (non-hydrogen) atoms. The minimum absolute atomic E-state index is 0.369. The summed E-state index contributed by atoms with van der Waals surface area (Å²) in [6, 6.07) is 17.5. The second-order valence-electron chi connectivity index (χ2n) is 7.00. The van der Waals surface area contributed by atoms with Crippen molar-refractivity contribution in [2.75, 3.05) is 0 Å². The Morgan fingerprint density at radius 2 is 1.36 bits per heavy atom. The van der Waals surface area contributed by atoms with Crippen molar-refractivity contribution in [1.82, 2.24) is 0 Å².